The monoisotopic (exact) mass is 274 g/mol. The molecule has 0 aromatic carbocycles. The molecule has 19 heavy (non-hydrogen) atoms. The fraction of sp³-hybridized carbons (Fsp3) is 0.750. The highest BCUT2D eigenvalue weighted by Crippen LogP contribution is 2.10. The molecule has 0 aliphatic heterocycles. The number of alkyl carbamates (subject to hydrolysis) is 1. The van der Waals surface area contributed by atoms with Gasteiger partial charge in [-0.05, 0) is 27.7 Å². The van der Waals surface area contributed by atoms with Crippen LogP contribution in [0.1, 0.15) is 41.0 Å². The van der Waals surface area contributed by atoms with E-state index in [1.165, 1.54) is 6.92 Å². The number of hydrogen-bond donors (Lipinski definition) is 3. The highest BCUT2D eigenvalue weighted by atomic mass is 16.6. The fourth-order valence-electron chi connectivity index (χ4n) is 1.49. The van der Waals surface area contributed by atoms with Crippen molar-refractivity contribution in [1.29, 1.82) is 0 Å². The summed E-state index contributed by atoms with van der Waals surface area (Å²) in [5.74, 6) is -1.43. The molecule has 0 saturated carbocycles. The molecule has 110 valence electrons. The van der Waals surface area contributed by atoms with Crippen molar-refractivity contribution in [3.8, 4) is 0 Å². The highest BCUT2D eigenvalue weighted by Gasteiger charge is 2.29. The van der Waals surface area contributed by atoms with E-state index in [9.17, 15) is 14.4 Å². The van der Waals surface area contributed by atoms with Gasteiger partial charge in [0, 0.05) is 13.5 Å². The van der Waals surface area contributed by atoms with Crippen molar-refractivity contribution in [2.45, 2.75) is 52.2 Å². The largest absolute Gasteiger partial charge is 0.481 e. The van der Waals surface area contributed by atoms with Gasteiger partial charge in [0.05, 0.1) is 12.0 Å². The molecule has 0 aliphatic carbocycles. The molecule has 1 unspecified atom stereocenters. The summed E-state index contributed by atoms with van der Waals surface area (Å²) < 4.78 is 5.03. The predicted molar refractivity (Wildman–Crippen MR) is 68.7 cm³/mol. The number of carboxylic acid groups (broad SMARTS) is 1. The molecule has 0 radical (unpaired) electrons. The first kappa shape index (κ1) is 17.2. The lowest BCUT2D eigenvalue weighted by Gasteiger charge is -2.29. The number of nitrogens with one attached hydrogen (secondary N) is 2. The van der Waals surface area contributed by atoms with E-state index in [0.29, 0.717) is 0 Å². The van der Waals surface area contributed by atoms with Crippen molar-refractivity contribution in [1.82, 2.24) is 10.6 Å². The summed E-state index contributed by atoms with van der Waals surface area (Å²) in [4.78, 5) is 33.3. The molecule has 7 heteroatoms. The maximum absolute atomic E-state index is 11.5. The number of hydrogen-bond acceptors (Lipinski definition) is 4. The SMILES string of the molecule is CC(=O)NC(C)(CNC(=O)OC(C)(C)C)CC(=O)O. The summed E-state index contributed by atoms with van der Waals surface area (Å²) in [5.41, 5.74) is -1.70. The Morgan fingerprint density at radius 2 is 1.68 bits per heavy atom. The number of rotatable bonds is 5. The number of aliphatic carboxylic acids is 1. The van der Waals surface area contributed by atoms with Crippen LogP contribution in [0.25, 0.3) is 0 Å². The third-order valence-corrected chi connectivity index (χ3v) is 2.04. The van der Waals surface area contributed by atoms with Crippen LogP contribution in [-0.4, -0.2) is 40.8 Å². The normalized spacial score (nSPS) is 14.2. The van der Waals surface area contributed by atoms with E-state index in [-0.39, 0.29) is 18.9 Å². The second-order valence-electron chi connectivity index (χ2n) is 5.67. The lowest BCUT2D eigenvalue weighted by Crippen LogP contribution is -2.54. The Bertz CT molecular complexity index is 344. The zero-order chi connectivity index (χ0) is 15.3. The molecule has 3 N–H and O–H groups in total. The lowest BCUT2D eigenvalue weighted by molar-refractivity contribution is -0.138. The standard InChI is InChI=1S/C12H22N2O5/c1-8(15)14-12(5,6-9(16)17)7-13-10(18)19-11(2,3)4/h6-7H2,1-5H3,(H,13,18)(H,14,15)(H,16,17). The molecule has 0 rings (SSSR count). The molecule has 7 nitrogen and oxygen atoms in total. The van der Waals surface area contributed by atoms with E-state index in [1.807, 2.05) is 0 Å². The van der Waals surface area contributed by atoms with Crippen molar-refractivity contribution in [2.75, 3.05) is 6.54 Å². The van der Waals surface area contributed by atoms with Gasteiger partial charge in [0.2, 0.25) is 5.91 Å². The molecular formula is C12H22N2O5. The number of ether oxygens (including phenoxy) is 1. The third-order valence-electron chi connectivity index (χ3n) is 2.04. The molecule has 0 spiro atoms. The van der Waals surface area contributed by atoms with Crippen LogP contribution in [0, 0.1) is 0 Å². The Morgan fingerprint density at radius 3 is 2.05 bits per heavy atom. The van der Waals surface area contributed by atoms with Crippen LogP contribution in [-0.2, 0) is 14.3 Å². The summed E-state index contributed by atoms with van der Waals surface area (Å²) in [5, 5.41) is 13.8. The average molecular weight is 274 g/mol. The summed E-state index contributed by atoms with van der Waals surface area (Å²) in [7, 11) is 0. The summed E-state index contributed by atoms with van der Waals surface area (Å²) in [6.07, 6.45) is -0.961. The molecule has 0 aliphatic rings. The van der Waals surface area contributed by atoms with Crippen LogP contribution >= 0.6 is 0 Å². The Labute approximate surface area is 112 Å². The third kappa shape index (κ3) is 8.87. The summed E-state index contributed by atoms with van der Waals surface area (Å²) >= 11 is 0. The molecule has 0 fully saturated rings. The van der Waals surface area contributed by atoms with Gasteiger partial charge in [-0.25, -0.2) is 4.79 Å². The minimum Gasteiger partial charge on any atom is -0.481 e. The van der Waals surface area contributed by atoms with Gasteiger partial charge >= 0.3 is 12.1 Å². The van der Waals surface area contributed by atoms with Crippen molar-refractivity contribution in [3.05, 3.63) is 0 Å². The van der Waals surface area contributed by atoms with Crippen molar-refractivity contribution in [2.24, 2.45) is 0 Å². The lowest BCUT2D eigenvalue weighted by atomic mass is 9.97. The summed E-state index contributed by atoms with van der Waals surface area (Å²) in [6, 6.07) is 0. The van der Waals surface area contributed by atoms with Crippen LogP contribution in [0.2, 0.25) is 0 Å². The van der Waals surface area contributed by atoms with Gasteiger partial charge in [-0.1, -0.05) is 0 Å². The molecule has 0 bridgehead atoms. The van der Waals surface area contributed by atoms with Crippen molar-refractivity contribution >= 4 is 18.0 Å². The first-order valence-corrected chi connectivity index (χ1v) is 5.91. The molecule has 0 saturated heterocycles. The molecule has 1 atom stereocenters. The number of carbonyl (C=O) groups excluding carboxylic acids is 2. The maximum atomic E-state index is 11.5. The Kier molecular flexibility index (Phi) is 5.80. The minimum absolute atomic E-state index is 0.0339. The van der Waals surface area contributed by atoms with Crippen LogP contribution in [0.4, 0.5) is 4.79 Å². The van der Waals surface area contributed by atoms with E-state index < -0.39 is 23.2 Å². The Balaban J connectivity index is 4.54. The van der Waals surface area contributed by atoms with E-state index in [4.69, 9.17) is 9.84 Å². The van der Waals surface area contributed by atoms with E-state index in [2.05, 4.69) is 10.6 Å². The summed E-state index contributed by atoms with van der Waals surface area (Å²) in [6.45, 7) is 7.95. The number of carbonyl (C=O) groups is 3. The molecule has 0 heterocycles. The smallest absolute Gasteiger partial charge is 0.407 e. The van der Waals surface area contributed by atoms with Crippen molar-refractivity contribution in [3.63, 3.8) is 0 Å². The predicted octanol–water partition coefficient (Wildman–Crippen LogP) is 0.881. The zero-order valence-corrected chi connectivity index (χ0v) is 12.0. The topological polar surface area (TPSA) is 105 Å². The van der Waals surface area contributed by atoms with Gasteiger partial charge in [-0.2, -0.15) is 0 Å². The van der Waals surface area contributed by atoms with Gasteiger partial charge in [0.1, 0.15) is 5.60 Å². The minimum atomic E-state index is -1.07. The van der Waals surface area contributed by atoms with E-state index >= 15 is 0 Å². The van der Waals surface area contributed by atoms with Gasteiger partial charge in [-0.3, -0.25) is 9.59 Å². The second kappa shape index (κ2) is 6.40. The van der Waals surface area contributed by atoms with Crippen LogP contribution in [0.5, 0.6) is 0 Å². The molecular weight excluding hydrogens is 252 g/mol. The fourth-order valence-corrected chi connectivity index (χ4v) is 1.49. The van der Waals surface area contributed by atoms with E-state index in [1.54, 1.807) is 27.7 Å². The Morgan fingerprint density at radius 1 is 1.16 bits per heavy atom. The van der Waals surface area contributed by atoms with Crippen LogP contribution in [0.3, 0.4) is 0 Å². The van der Waals surface area contributed by atoms with Gasteiger partial charge in [0.25, 0.3) is 0 Å². The first-order valence-electron chi connectivity index (χ1n) is 5.91. The first-order chi connectivity index (χ1) is 8.43. The van der Waals surface area contributed by atoms with Gasteiger partial charge in [-0.15, -0.1) is 0 Å². The van der Waals surface area contributed by atoms with Gasteiger partial charge < -0.3 is 20.5 Å². The Hall–Kier alpha value is -1.79. The molecule has 0 aromatic heterocycles. The average Bonchev–Trinajstić information content (AvgIpc) is 2.09. The van der Waals surface area contributed by atoms with E-state index in [0.717, 1.165) is 0 Å². The number of amides is 2. The van der Waals surface area contributed by atoms with Crippen LogP contribution < -0.4 is 10.6 Å². The number of carboxylic acids is 1. The highest BCUT2D eigenvalue weighted by molar-refractivity contribution is 5.76. The molecule has 0 aromatic rings. The molecule has 2 amide bonds. The second-order valence-corrected chi connectivity index (χ2v) is 5.67. The quantitative estimate of drug-likeness (QED) is 0.690. The van der Waals surface area contributed by atoms with Gasteiger partial charge in [0.15, 0.2) is 0 Å². The van der Waals surface area contributed by atoms with Crippen molar-refractivity contribution < 1.29 is 24.2 Å². The van der Waals surface area contributed by atoms with Crippen LogP contribution in [0.15, 0.2) is 0 Å². The zero-order valence-electron chi connectivity index (χ0n) is 12.0. The maximum Gasteiger partial charge on any atom is 0.407 e.